The van der Waals surface area contributed by atoms with Gasteiger partial charge >= 0.3 is 0 Å². The second-order valence-corrected chi connectivity index (χ2v) is 9.16. The van der Waals surface area contributed by atoms with E-state index in [0.717, 1.165) is 24.8 Å². The van der Waals surface area contributed by atoms with Crippen molar-refractivity contribution < 1.29 is 19.3 Å². The molecule has 5 heteroatoms. The van der Waals surface area contributed by atoms with Crippen LogP contribution >= 0.6 is 15.9 Å². The molecule has 0 amide bonds. The van der Waals surface area contributed by atoms with Crippen LogP contribution in [0.2, 0.25) is 0 Å². The monoisotopic (exact) mass is 398 g/mol. The van der Waals surface area contributed by atoms with E-state index in [1.54, 1.807) is 7.11 Å². The lowest BCUT2D eigenvalue weighted by Crippen LogP contribution is -2.51. The highest BCUT2D eigenvalue weighted by molar-refractivity contribution is 9.09. The van der Waals surface area contributed by atoms with E-state index in [2.05, 4.69) is 22.9 Å². The molecule has 0 spiro atoms. The van der Waals surface area contributed by atoms with Gasteiger partial charge in [-0.3, -0.25) is 0 Å². The van der Waals surface area contributed by atoms with Crippen LogP contribution in [0, 0.1) is 23.1 Å². The fraction of sp³-hybridized carbons (Fsp3) is 0.684. The third-order valence-electron chi connectivity index (χ3n) is 7.01. The summed E-state index contributed by atoms with van der Waals surface area (Å²) in [5, 5.41) is 20.4. The van der Waals surface area contributed by atoms with Crippen LogP contribution in [-0.2, 0) is 11.2 Å². The molecule has 3 nitrogen and oxygen atoms in total. The molecule has 2 N–H and O–H groups in total. The maximum absolute atomic E-state index is 14.4. The van der Waals surface area contributed by atoms with Crippen molar-refractivity contribution in [1.82, 2.24) is 0 Å². The molecule has 2 fully saturated rings. The van der Waals surface area contributed by atoms with Crippen molar-refractivity contribution in [1.29, 1.82) is 0 Å². The molecule has 0 bridgehead atoms. The van der Waals surface area contributed by atoms with Crippen LogP contribution in [0.25, 0.3) is 0 Å². The number of phenolic OH excluding ortho intramolecular Hbond substituents is 1. The normalized spacial score (nSPS) is 43.9. The van der Waals surface area contributed by atoms with Gasteiger partial charge in [0, 0.05) is 23.3 Å². The van der Waals surface area contributed by atoms with Crippen LogP contribution in [0.3, 0.4) is 0 Å². The Labute approximate surface area is 150 Å². The zero-order chi connectivity index (χ0) is 17.2. The number of phenols is 1. The molecule has 0 aliphatic heterocycles. The van der Waals surface area contributed by atoms with Crippen LogP contribution in [-0.4, -0.2) is 34.4 Å². The molecule has 7 atom stereocenters. The Hall–Kier alpha value is -0.650. The summed E-state index contributed by atoms with van der Waals surface area (Å²) in [5.41, 5.74) is 1.47. The highest BCUT2D eigenvalue weighted by atomic mass is 79.9. The Bertz CT molecular complexity index is 666. The molecule has 0 radical (unpaired) electrons. The summed E-state index contributed by atoms with van der Waals surface area (Å²) in [6.45, 7) is 2.18. The molecule has 0 heterocycles. The Balaban J connectivity index is 1.80. The molecule has 0 aromatic heterocycles. The minimum atomic E-state index is -0.473. The fourth-order valence-electron chi connectivity index (χ4n) is 5.84. The number of halogens is 2. The van der Waals surface area contributed by atoms with Gasteiger partial charge in [-0.1, -0.05) is 28.9 Å². The Morgan fingerprint density at radius 3 is 2.83 bits per heavy atom. The van der Waals surface area contributed by atoms with Crippen LogP contribution in [0.5, 0.6) is 5.75 Å². The van der Waals surface area contributed by atoms with Gasteiger partial charge in [0.15, 0.2) is 11.6 Å². The van der Waals surface area contributed by atoms with Crippen molar-refractivity contribution in [3.8, 4) is 5.75 Å². The predicted octanol–water partition coefficient (Wildman–Crippen LogP) is 3.75. The van der Waals surface area contributed by atoms with Gasteiger partial charge in [0.25, 0.3) is 0 Å². The maximum Gasteiger partial charge on any atom is 0.168 e. The number of rotatable bonds is 1. The first kappa shape index (κ1) is 16.8. The minimum absolute atomic E-state index is 0.0355. The third-order valence-corrected chi connectivity index (χ3v) is 7.89. The average Bonchev–Trinajstić information content (AvgIpc) is 2.80. The van der Waals surface area contributed by atoms with E-state index in [-0.39, 0.29) is 34.1 Å². The van der Waals surface area contributed by atoms with Crippen molar-refractivity contribution in [3.05, 3.63) is 29.1 Å². The summed E-state index contributed by atoms with van der Waals surface area (Å²) >= 11 is 3.66. The van der Waals surface area contributed by atoms with E-state index in [1.807, 2.05) is 6.07 Å². The van der Waals surface area contributed by atoms with Crippen molar-refractivity contribution in [3.63, 3.8) is 0 Å². The van der Waals surface area contributed by atoms with Crippen molar-refractivity contribution >= 4 is 15.9 Å². The summed E-state index contributed by atoms with van der Waals surface area (Å²) in [5.74, 6) is 0.176. The SMILES string of the molecule is CO[C@H]1C[C@]2(C)[C@@H](O)[C@H](Br)C[C@H]2[C@@H]2CCc3c(ccc(O)c3F)[C@H]21. The largest absolute Gasteiger partial charge is 0.505 e. The molecule has 1 aromatic carbocycles. The van der Waals surface area contributed by atoms with Crippen LogP contribution in [0.1, 0.15) is 43.2 Å². The number of fused-ring (bicyclic) bond motifs is 5. The highest BCUT2D eigenvalue weighted by Gasteiger charge is 2.60. The van der Waals surface area contributed by atoms with E-state index < -0.39 is 5.82 Å². The first-order valence-electron chi connectivity index (χ1n) is 8.73. The Morgan fingerprint density at radius 2 is 2.12 bits per heavy atom. The number of alkyl halides is 1. The maximum atomic E-state index is 14.4. The van der Waals surface area contributed by atoms with E-state index in [0.29, 0.717) is 23.8 Å². The summed E-state index contributed by atoms with van der Waals surface area (Å²) < 4.78 is 20.2. The zero-order valence-electron chi connectivity index (χ0n) is 14.0. The van der Waals surface area contributed by atoms with Gasteiger partial charge in [0.05, 0.1) is 12.2 Å². The minimum Gasteiger partial charge on any atom is -0.505 e. The number of aromatic hydroxyl groups is 1. The molecular weight excluding hydrogens is 375 g/mol. The van der Waals surface area contributed by atoms with Crippen LogP contribution in [0.15, 0.2) is 12.1 Å². The van der Waals surface area contributed by atoms with Crippen LogP contribution < -0.4 is 0 Å². The number of hydrogen-bond acceptors (Lipinski definition) is 3. The van der Waals surface area contributed by atoms with Gasteiger partial charge < -0.3 is 14.9 Å². The standard InChI is InChI=1S/C19H24BrFO3/c1-19-8-15(24-2)16-9-5-6-14(22)17(21)10(9)3-4-11(16)12(19)7-13(20)18(19)23/h5-6,11-13,15-16,18,22-23H,3-4,7-8H2,1-2H3/t11-,12-,13+,15-,16+,18-,19-/m0/s1. The first-order chi connectivity index (χ1) is 11.4. The third kappa shape index (κ3) is 2.14. The van der Waals surface area contributed by atoms with E-state index in [9.17, 15) is 14.6 Å². The Kier molecular flexibility index (Phi) is 3.98. The lowest BCUT2D eigenvalue weighted by molar-refractivity contribution is -0.0925. The number of hydrogen-bond donors (Lipinski definition) is 2. The second kappa shape index (κ2) is 5.68. The van der Waals surface area contributed by atoms with Gasteiger partial charge in [0.1, 0.15) is 0 Å². The molecule has 24 heavy (non-hydrogen) atoms. The smallest absolute Gasteiger partial charge is 0.168 e. The summed E-state index contributed by atoms with van der Waals surface area (Å²) in [7, 11) is 1.71. The van der Waals surface area contributed by atoms with Gasteiger partial charge in [0.2, 0.25) is 0 Å². The molecule has 3 aliphatic carbocycles. The molecule has 2 saturated carbocycles. The number of benzene rings is 1. The zero-order valence-corrected chi connectivity index (χ0v) is 15.6. The molecule has 0 saturated heterocycles. The van der Waals surface area contributed by atoms with E-state index in [1.165, 1.54) is 6.07 Å². The molecule has 1 aromatic rings. The number of ether oxygens (including phenoxy) is 1. The fourth-order valence-corrected chi connectivity index (χ4v) is 6.84. The van der Waals surface area contributed by atoms with Gasteiger partial charge in [-0.15, -0.1) is 0 Å². The van der Waals surface area contributed by atoms with E-state index in [4.69, 9.17) is 4.74 Å². The van der Waals surface area contributed by atoms with Gasteiger partial charge in [-0.2, -0.15) is 0 Å². The summed E-state index contributed by atoms with van der Waals surface area (Å²) in [6, 6.07) is 3.34. The quantitative estimate of drug-likeness (QED) is 0.708. The highest BCUT2D eigenvalue weighted by Crippen LogP contribution is 2.62. The molecule has 4 rings (SSSR count). The van der Waals surface area contributed by atoms with Gasteiger partial charge in [-0.05, 0) is 54.7 Å². The van der Waals surface area contributed by atoms with Crippen molar-refractivity contribution in [2.75, 3.05) is 7.11 Å². The number of aliphatic hydroxyl groups excluding tert-OH is 1. The molecule has 3 aliphatic rings. The topological polar surface area (TPSA) is 49.7 Å². The number of methoxy groups -OCH3 is 1. The molecular formula is C19H24BrFO3. The van der Waals surface area contributed by atoms with Gasteiger partial charge in [-0.25, -0.2) is 4.39 Å². The number of aliphatic hydroxyl groups is 1. The summed E-state index contributed by atoms with van der Waals surface area (Å²) in [4.78, 5) is 0.113. The van der Waals surface area contributed by atoms with Crippen molar-refractivity contribution in [2.45, 2.75) is 55.6 Å². The van der Waals surface area contributed by atoms with E-state index >= 15 is 0 Å². The van der Waals surface area contributed by atoms with Crippen LogP contribution in [0.4, 0.5) is 4.39 Å². The first-order valence-corrected chi connectivity index (χ1v) is 9.65. The predicted molar refractivity (Wildman–Crippen MR) is 93.0 cm³/mol. The van der Waals surface area contributed by atoms with Crippen molar-refractivity contribution in [2.24, 2.45) is 17.3 Å². The Morgan fingerprint density at radius 1 is 1.38 bits per heavy atom. The second-order valence-electron chi connectivity index (χ2n) is 7.98. The molecule has 0 unspecified atom stereocenters. The summed E-state index contributed by atoms with van der Waals surface area (Å²) in [6.07, 6.45) is 2.84. The molecule has 132 valence electrons. The lowest BCUT2D eigenvalue weighted by Gasteiger charge is -2.53. The average molecular weight is 399 g/mol. The lowest BCUT2D eigenvalue weighted by atomic mass is 9.54.